The van der Waals surface area contributed by atoms with Gasteiger partial charge in [-0.15, -0.1) is 0 Å². The summed E-state index contributed by atoms with van der Waals surface area (Å²) in [6.07, 6.45) is 1.78. The molecule has 1 N–H and O–H groups in total. The molecule has 1 aliphatic rings. The number of aromatic hydroxyl groups is 1. The molecule has 0 spiro atoms. The second-order valence-corrected chi connectivity index (χ2v) is 8.86. The van der Waals surface area contributed by atoms with Crippen molar-refractivity contribution >= 4 is 27.7 Å². The van der Waals surface area contributed by atoms with Crippen molar-refractivity contribution in [3.05, 3.63) is 149 Å². The molecule has 0 unspecified atom stereocenters. The average Bonchev–Trinajstić information content (AvgIpc) is 2.92. The zero-order valence-corrected chi connectivity index (χ0v) is 19.4. The van der Waals surface area contributed by atoms with Crippen LogP contribution in [0.15, 0.2) is 132 Å². The summed E-state index contributed by atoms with van der Waals surface area (Å²) in [4.78, 5) is 5.18. The first-order valence-electron chi connectivity index (χ1n) is 12.0. The first kappa shape index (κ1) is 21.1. The highest BCUT2D eigenvalue weighted by Crippen LogP contribution is 2.41. The standard InChI is InChI=1S/C33H25NO/c35-33-28-18-10-8-12-24(28)20-22-30(33)31(25-13-3-1-4-14-25)29-21-19-23-11-7-9-17-27(23)32(29)34-26-15-5-2-6-16-26/h1-18,20,22,35H,19,21H2. The van der Waals surface area contributed by atoms with Gasteiger partial charge in [-0.3, -0.25) is 0 Å². The maximum absolute atomic E-state index is 11.5. The number of fused-ring (bicyclic) bond motifs is 2. The third kappa shape index (κ3) is 3.94. The molecule has 168 valence electrons. The van der Waals surface area contributed by atoms with Gasteiger partial charge in [-0.25, -0.2) is 4.99 Å². The number of para-hydroxylation sites is 1. The number of aliphatic imine (C=N–C) groups is 1. The Bertz CT molecular complexity index is 1580. The molecule has 0 atom stereocenters. The van der Waals surface area contributed by atoms with E-state index in [-0.39, 0.29) is 0 Å². The number of allylic oxidation sites excluding steroid dienone is 1. The molecule has 0 aliphatic heterocycles. The van der Waals surface area contributed by atoms with Crippen molar-refractivity contribution in [3.63, 3.8) is 0 Å². The number of hydrogen-bond donors (Lipinski definition) is 1. The summed E-state index contributed by atoms with van der Waals surface area (Å²) >= 11 is 0. The lowest BCUT2D eigenvalue weighted by Gasteiger charge is -2.25. The van der Waals surface area contributed by atoms with E-state index in [1.807, 2.05) is 66.7 Å². The first-order chi connectivity index (χ1) is 17.3. The smallest absolute Gasteiger partial charge is 0.131 e. The van der Waals surface area contributed by atoms with Gasteiger partial charge in [0.1, 0.15) is 5.75 Å². The summed E-state index contributed by atoms with van der Waals surface area (Å²) < 4.78 is 0. The molecule has 0 saturated heterocycles. The number of aryl methyl sites for hydroxylation is 1. The summed E-state index contributed by atoms with van der Waals surface area (Å²) in [7, 11) is 0. The summed E-state index contributed by atoms with van der Waals surface area (Å²) in [5.74, 6) is 0.312. The van der Waals surface area contributed by atoms with Crippen molar-refractivity contribution in [2.45, 2.75) is 12.8 Å². The number of phenolic OH excluding ortho intramolecular Hbond substituents is 1. The van der Waals surface area contributed by atoms with Crippen LogP contribution >= 0.6 is 0 Å². The zero-order chi connectivity index (χ0) is 23.6. The van der Waals surface area contributed by atoms with Crippen molar-refractivity contribution < 1.29 is 5.11 Å². The van der Waals surface area contributed by atoms with Crippen LogP contribution in [0.2, 0.25) is 0 Å². The monoisotopic (exact) mass is 451 g/mol. The zero-order valence-electron chi connectivity index (χ0n) is 19.4. The molecule has 0 heterocycles. The van der Waals surface area contributed by atoms with Crippen LogP contribution in [-0.4, -0.2) is 10.8 Å². The molecule has 1 aliphatic carbocycles. The number of benzene rings is 5. The second kappa shape index (κ2) is 9.08. The molecular weight excluding hydrogens is 426 g/mol. The lowest BCUT2D eigenvalue weighted by molar-refractivity contribution is 0.480. The molecule has 0 fully saturated rings. The molecule has 2 nitrogen and oxygen atoms in total. The predicted molar refractivity (Wildman–Crippen MR) is 145 cm³/mol. The maximum atomic E-state index is 11.5. The maximum Gasteiger partial charge on any atom is 0.131 e. The van der Waals surface area contributed by atoms with E-state index in [1.54, 1.807) is 0 Å². The fourth-order valence-corrected chi connectivity index (χ4v) is 5.07. The number of rotatable bonds is 3. The van der Waals surface area contributed by atoms with Crippen molar-refractivity contribution in [2.75, 3.05) is 0 Å². The van der Waals surface area contributed by atoms with Gasteiger partial charge >= 0.3 is 0 Å². The summed E-state index contributed by atoms with van der Waals surface area (Å²) in [6.45, 7) is 0. The SMILES string of the molecule is Oc1c(C(=C2CCc3ccccc3C2=Nc2ccccc2)c2ccccc2)ccc2ccccc12. The highest BCUT2D eigenvalue weighted by molar-refractivity contribution is 6.21. The van der Waals surface area contributed by atoms with Gasteiger partial charge in [0.25, 0.3) is 0 Å². The predicted octanol–water partition coefficient (Wildman–Crippen LogP) is 8.11. The Kier molecular flexibility index (Phi) is 5.48. The molecule has 0 radical (unpaired) electrons. The quantitative estimate of drug-likeness (QED) is 0.295. The van der Waals surface area contributed by atoms with Crippen molar-refractivity contribution in [2.24, 2.45) is 4.99 Å². The van der Waals surface area contributed by atoms with Crippen LogP contribution in [0.3, 0.4) is 0 Å². The molecule has 2 heteroatoms. The van der Waals surface area contributed by atoms with Gasteiger partial charge in [0, 0.05) is 16.5 Å². The van der Waals surface area contributed by atoms with Gasteiger partial charge in [-0.2, -0.15) is 0 Å². The Hall–Kier alpha value is -4.43. The minimum Gasteiger partial charge on any atom is -0.507 e. The molecule has 0 saturated carbocycles. The summed E-state index contributed by atoms with van der Waals surface area (Å²) in [5.41, 5.74) is 8.48. The molecule has 0 amide bonds. The third-order valence-corrected chi connectivity index (χ3v) is 6.73. The largest absolute Gasteiger partial charge is 0.507 e. The van der Waals surface area contributed by atoms with Crippen molar-refractivity contribution in [3.8, 4) is 5.75 Å². The van der Waals surface area contributed by atoms with Gasteiger partial charge in [-0.05, 0) is 58.7 Å². The first-order valence-corrected chi connectivity index (χ1v) is 12.0. The van der Waals surface area contributed by atoms with Gasteiger partial charge in [-0.1, -0.05) is 103 Å². The molecule has 35 heavy (non-hydrogen) atoms. The number of nitrogens with zero attached hydrogens (tertiary/aromatic N) is 1. The van der Waals surface area contributed by atoms with Crippen LogP contribution in [0, 0.1) is 0 Å². The van der Waals surface area contributed by atoms with Crippen LogP contribution in [-0.2, 0) is 6.42 Å². The Morgan fingerprint density at radius 1 is 0.629 bits per heavy atom. The van der Waals surface area contributed by atoms with Crippen LogP contribution in [0.25, 0.3) is 16.3 Å². The Balaban J connectivity index is 1.69. The van der Waals surface area contributed by atoms with E-state index in [0.717, 1.165) is 62.8 Å². The minimum atomic E-state index is 0.312. The van der Waals surface area contributed by atoms with Crippen LogP contribution in [0.4, 0.5) is 5.69 Å². The molecule has 5 aromatic carbocycles. The van der Waals surface area contributed by atoms with E-state index in [2.05, 4.69) is 54.6 Å². The lowest BCUT2D eigenvalue weighted by Crippen LogP contribution is -2.17. The Labute approximate surface area is 205 Å². The van der Waals surface area contributed by atoms with Gasteiger partial charge in [0.2, 0.25) is 0 Å². The molecule has 5 aromatic rings. The topological polar surface area (TPSA) is 32.6 Å². The van der Waals surface area contributed by atoms with Gasteiger partial charge < -0.3 is 5.11 Å². The molecule has 6 rings (SSSR count). The van der Waals surface area contributed by atoms with Crippen LogP contribution < -0.4 is 0 Å². The highest BCUT2D eigenvalue weighted by atomic mass is 16.3. The van der Waals surface area contributed by atoms with E-state index in [4.69, 9.17) is 4.99 Å². The summed E-state index contributed by atoms with van der Waals surface area (Å²) in [5, 5.41) is 13.4. The van der Waals surface area contributed by atoms with E-state index in [9.17, 15) is 5.11 Å². The average molecular weight is 452 g/mol. The normalized spacial score (nSPS) is 15.7. The van der Waals surface area contributed by atoms with Crippen molar-refractivity contribution in [1.82, 2.24) is 0 Å². The number of hydrogen-bond acceptors (Lipinski definition) is 2. The van der Waals surface area contributed by atoms with Gasteiger partial charge in [0.05, 0.1) is 11.4 Å². The number of phenols is 1. The fraction of sp³-hybridized carbons (Fsp3) is 0.0606. The van der Waals surface area contributed by atoms with Crippen molar-refractivity contribution in [1.29, 1.82) is 0 Å². The Morgan fingerprint density at radius 3 is 2.14 bits per heavy atom. The van der Waals surface area contributed by atoms with E-state index in [0.29, 0.717) is 5.75 Å². The fourth-order valence-electron chi connectivity index (χ4n) is 5.07. The molecule has 0 bridgehead atoms. The van der Waals surface area contributed by atoms with Crippen LogP contribution in [0.1, 0.15) is 28.7 Å². The van der Waals surface area contributed by atoms with E-state index >= 15 is 0 Å². The third-order valence-electron chi connectivity index (χ3n) is 6.73. The van der Waals surface area contributed by atoms with E-state index < -0.39 is 0 Å². The lowest BCUT2D eigenvalue weighted by atomic mass is 9.80. The molecule has 0 aromatic heterocycles. The summed E-state index contributed by atoms with van der Waals surface area (Å²) in [6, 6.07) is 41.2. The minimum absolute atomic E-state index is 0.312. The Morgan fingerprint density at radius 2 is 1.31 bits per heavy atom. The van der Waals surface area contributed by atoms with Gasteiger partial charge in [0.15, 0.2) is 0 Å². The van der Waals surface area contributed by atoms with E-state index in [1.165, 1.54) is 5.56 Å². The second-order valence-electron chi connectivity index (χ2n) is 8.86. The highest BCUT2D eigenvalue weighted by Gasteiger charge is 2.26. The van der Waals surface area contributed by atoms with Crippen LogP contribution in [0.5, 0.6) is 5.75 Å². The molecular formula is C33H25NO.